The van der Waals surface area contributed by atoms with Gasteiger partial charge in [0.25, 0.3) is 5.91 Å². The first-order valence-electron chi connectivity index (χ1n) is 7.53. The van der Waals surface area contributed by atoms with Crippen molar-refractivity contribution in [2.45, 2.75) is 25.3 Å². The molecule has 22 heavy (non-hydrogen) atoms. The number of rotatable bonds is 4. The van der Waals surface area contributed by atoms with E-state index in [4.69, 9.17) is 0 Å². The maximum absolute atomic E-state index is 12.1. The molecule has 0 saturated carbocycles. The molecule has 6 nitrogen and oxygen atoms in total. The number of aromatic nitrogens is 3. The summed E-state index contributed by atoms with van der Waals surface area (Å²) in [6.07, 6.45) is 7.24. The molecule has 1 aliphatic rings. The number of nitrogens with zero attached hydrogens (tertiary/aromatic N) is 3. The molecule has 1 fully saturated rings. The first-order chi connectivity index (χ1) is 10.8. The van der Waals surface area contributed by atoms with Crippen LogP contribution in [0.1, 0.15) is 40.6 Å². The molecule has 0 spiro atoms. The standard InChI is InChI=1S/C16H19N5O/c22-16(21-9-13-5-1-2-7-18-13)15-11-19-14(10-20-15)12-4-3-6-17-8-12/h1-2,5,7,10-12,17H,3-4,6,8-9H2,(H,21,22)/t12-/m0/s1. The van der Waals surface area contributed by atoms with E-state index in [0.29, 0.717) is 18.2 Å². The monoisotopic (exact) mass is 297 g/mol. The minimum absolute atomic E-state index is 0.230. The van der Waals surface area contributed by atoms with Gasteiger partial charge in [0.05, 0.1) is 24.1 Å². The summed E-state index contributed by atoms with van der Waals surface area (Å²) in [5, 5.41) is 6.15. The van der Waals surface area contributed by atoms with Crippen LogP contribution in [0.25, 0.3) is 0 Å². The van der Waals surface area contributed by atoms with E-state index in [9.17, 15) is 4.79 Å². The number of piperidine rings is 1. The molecule has 1 saturated heterocycles. The maximum atomic E-state index is 12.1. The molecule has 6 heteroatoms. The second-order valence-corrected chi connectivity index (χ2v) is 5.37. The van der Waals surface area contributed by atoms with Gasteiger partial charge in [0, 0.05) is 24.9 Å². The van der Waals surface area contributed by atoms with Crippen LogP contribution in [0.5, 0.6) is 0 Å². The van der Waals surface area contributed by atoms with Crippen LogP contribution in [0.2, 0.25) is 0 Å². The van der Waals surface area contributed by atoms with Gasteiger partial charge < -0.3 is 10.6 Å². The first kappa shape index (κ1) is 14.6. The zero-order valence-corrected chi connectivity index (χ0v) is 12.3. The van der Waals surface area contributed by atoms with Gasteiger partial charge in [-0.2, -0.15) is 0 Å². The van der Waals surface area contributed by atoms with E-state index >= 15 is 0 Å². The molecule has 2 N–H and O–H groups in total. The van der Waals surface area contributed by atoms with Gasteiger partial charge in [0.2, 0.25) is 0 Å². The first-order valence-corrected chi connectivity index (χ1v) is 7.53. The highest BCUT2D eigenvalue weighted by Gasteiger charge is 2.17. The van der Waals surface area contributed by atoms with Crippen LogP contribution in [-0.2, 0) is 6.54 Å². The van der Waals surface area contributed by atoms with E-state index in [1.807, 2.05) is 18.2 Å². The molecule has 3 rings (SSSR count). The summed E-state index contributed by atoms with van der Waals surface area (Å²) in [6, 6.07) is 5.60. The molecule has 0 aliphatic carbocycles. The summed E-state index contributed by atoms with van der Waals surface area (Å²) in [7, 11) is 0. The lowest BCUT2D eigenvalue weighted by Crippen LogP contribution is -2.29. The molecule has 1 amide bonds. The predicted molar refractivity (Wildman–Crippen MR) is 82.3 cm³/mol. The van der Waals surface area contributed by atoms with Crippen LogP contribution in [0.15, 0.2) is 36.8 Å². The number of hydrogen-bond donors (Lipinski definition) is 2. The number of nitrogens with one attached hydrogen (secondary N) is 2. The van der Waals surface area contributed by atoms with Gasteiger partial charge in [0.1, 0.15) is 5.69 Å². The molecular weight excluding hydrogens is 278 g/mol. The third-order valence-electron chi connectivity index (χ3n) is 3.78. The van der Waals surface area contributed by atoms with Crippen LogP contribution in [0.3, 0.4) is 0 Å². The highest BCUT2D eigenvalue weighted by Crippen LogP contribution is 2.20. The van der Waals surface area contributed by atoms with Crippen LogP contribution in [0.4, 0.5) is 0 Å². The molecular formula is C16H19N5O. The van der Waals surface area contributed by atoms with Gasteiger partial charge in [-0.25, -0.2) is 4.98 Å². The second-order valence-electron chi connectivity index (χ2n) is 5.37. The van der Waals surface area contributed by atoms with E-state index in [1.54, 1.807) is 18.6 Å². The molecule has 2 aromatic heterocycles. The van der Waals surface area contributed by atoms with Gasteiger partial charge in [-0.3, -0.25) is 14.8 Å². The van der Waals surface area contributed by atoms with Crippen molar-refractivity contribution in [3.8, 4) is 0 Å². The summed E-state index contributed by atoms with van der Waals surface area (Å²) in [6.45, 7) is 2.38. The topological polar surface area (TPSA) is 79.8 Å². The lowest BCUT2D eigenvalue weighted by Gasteiger charge is -2.21. The minimum atomic E-state index is -0.230. The average molecular weight is 297 g/mol. The second kappa shape index (κ2) is 7.09. The van der Waals surface area contributed by atoms with Crippen molar-refractivity contribution in [3.05, 3.63) is 53.9 Å². The van der Waals surface area contributed by atoms with Crippen LogP contribution in [-0.4, -0.2) is 33.9 Å². The largest absolute Gasteiger partial charge is 0.345 e. The number of pyridine rings is 1. The van der Waals surface area contributed by atoms with Crippen LogP contribution < -0.4 is 10.6 Å². The van der Waals surface area contributed by atoms with Crippen molar-refractivity contribution in [2.75, 3.05) is 13.1 Å². The molecule has 0 bridgehead atoms. The number of carbonyl (C=O) groups excluding carboxylic acids is 1. The Kier molecular flexibility index (Phi) is 4.70. The van der Waals surface area contributed by atoms with Crippen LogP contribution >= 0.6 is 0 Å². The van der Waals surface area contributed by atoms with Gasteiger partial charge >= 0.3 is 0 Å². The van der Waals surface area contributed by atoms with E-state index in [2.05, 4.69) is 25.6 Å². The Bertz CT molecular complexity index is 608. The SMILES string of the molecule is O=C(NCc1ccccn1)c1cnc([C@H]2CCCNC2)cn1. The lowest BCUT2D eigenvalue weighted by molar-refractivity contribution is 0.0945. The predicted octanol–water partition coefficient (Wildman–Crippen LogP) is 1.27. The molecule has 2 aromatic rings. The summed E-state index contributed by atoms with van der Waals surface area (Å²) in [4.78, 5) is 24.9. The molecule has 0 aromatic carbocycles. The summed E-state index contributed by atoms with van der Waals surface area (Å²) >= 11 is 0. The highest BCUT2D eigenvalue weighted by molar-refractivity contribution is 5.91. The van der Waals surface area contributed by atoms with E-state index in [-0.39, 0.29) is 5.91 Å². The van der Waals surface area contributed by atoms with E-state index < -0.39 is 0 Å². The number of carbonyl (C=O) groups is 1. The summed E-state index contributed by atoms with van der Waals surface area (Å²) in [5.74, 6) is 0.165. The van der Waals surface area contributed by atoms with Crippen LogP contribution in [0, 0.1) is 0 Å². The number of hydrogen-bond acceptors (Lipinski definition) is 5. The third kappa shape index (κ3) is 3.65. The van der Waals surface area contributed by atoms with Crippen molar-refractivity contribution >= 4 is 5.91 Å². The summed E-state index contributed by atoms with van der Waals surface area (Å²) in [5.41, 5.74) is 2.10. The van der Waals surface area contributed by atoms with Crippen molar-refractivity contribution in [2.24, 2.45) is 0 Å². The molecule has 0 radical (unpaired) electrons. The van der Waals surface area contributed by atoms with Gasteiger partial charge in [-0.05, 0) is 31.5 Å². The van der Waals surface area contributed by atoms with Gasteiger partial charge in [-0.15, -0.1) is 0 Å². The smallest absolute Gasteiger partial charge is 0.271 e. The quantitative estimate of drug-likeness (QED) is 0.888. The highest BCUT2D eigenvalue weighted by atomic mass is 16.1. The molecule has 1 atom stereocenters. The fraction of sp³-hybridized carbons (Fsp3) is 0.375. The molecule has 114 valence electrons. The van der Waals surface area contributed by atoms with Crippen molar-refractivity contribution in [1.82, 2.24) is 25.6 Å². The molecule has 3 heterocycles. The average Bonchev–Trinajstić information content (AvgIpc) is 2.61. The lowest BCUT2D eigenvalue weighted by atomic mass is 9.96. The maximum Gasteiger partial charge on any atom is 0.271 e. The van der Waals surface area contributed by atoms with Gasteiger partial charge in [0.15, 0.2) is 0 Å². The Morgan fingerprint density at radius 2 is 2.23 bits per heavy atom. The van der Waals surface area contributed by atoms with E-state index in [1.165, 1.54) is 0 Å². The van der Waals surface area contributed by atoms with Crippen molar-refractivity contribution < 1.29 is 4.79 Å². The zero-order chi connectivity index (χ0) is 15.2. The van der Waals surface area contributed by atoms with Gasteiger partial charge in [-0.1, -0.05) is 6.07 Å². The molecule has 0 unspecified atom stereocenters. The van der Waals surface area contributed by atoms with Crippen molar-refractivity contribution in [1.29, 1.82) is 0 Å². The summed E-state index contributed by atoms with van der Waals surface area (Å²) < 4.78 is 0. The Balaban J connectivity index is 1.58. The Hall–Kier alpha value is -2.34. The van der Waals surface area contributed by atoms with E-state index in [0.717, 1.165) is 37.3 Å². The normalized spacial score (nSPS) is 17.9. The fourth-order valence-corrected chi connectivity index (χ4v) is 2.53. The third-order valence-corrected chi connectivity index (χ3v) is 3.78. The van der Waals surface area contributed by atoms with Crippen molar-refractivity contribution in [3.63, 3.8) is 0 Å². The Labute approximate surface area is 129 Å². The Morgan fingerprint density at radius 1 is 1.27 bits per heavy atom. The fourth-order valence-electron chi connectivity index (χ4n) is 2.53. The number of amides is 1. The zero-order valence-electron chi connectivity index (χ0n) is 12.3. The Morgan fingerprint density at radius 3 is 2.91 bits per heavy atom. The molecule has 1 aliphatic heterocycles. The minimum Gasteiger partial charge on any atom is -0.345 e.